The molecule has 3 rings (SSSR count). The summed E-state index contributed by atoms with van der Waals surface area (Å²) in [7, 11) is 3.24. The summed E-state index contributed by atoms with van der Waals surface area (Å²) < 4.78 is 16.7. The lowest BCUT2D eigenvalue weighted by Gasteiger charge is -2.18. The fourth-order valence-electron chi connectivity index (χ4n) is 3.04. The molecule has 0 spiro atoms. The van der Waals surface area contributed by atoms with E-state index in [0.717, 1.165) is 22.0 Å². The molecular formula is C27H28O4S. The molecule has 3 aromatic rings. The highest BCUT2D eigenvalue weighted by molar-refractivity contribution is 7.98. The summed E-state index contributed by atoms with van der Waals surface area (Å²) in [5, 5.41) is 11.0. The van der Waals surface area contributed by atoms with Crippen LogP contribution in [0.4, 0.5) is 0 Å². The Kier molecular flexibility index (Phi) is 8.49. The van der Waals surface area contributed by atoms with Crippen LogP contribution in [-0.2, 0) is 5.75 Å². The van der Waals surface area contributed by atoms with E-state index in [0.29, 0.717) is 17.1 Å². The number of ether oxygens (including phenoxy) is 3. The van der Waals surface area contributed by atoms with Crippen molar-refractivity contribution in [2.45, 2.75) is 36.7 Å². The van der Waals surface area contributed by atoms with Crippen molar-refractivity contribution in [1.82, 2.24) is 0 Å². The average molecular weight is 449 g/mol. The van der Waals surface area contributed by atoms with Crippen LogP contribution >= 0.6 is 11.8 Å². The highest BCUT2D eigenvalue weighted by Crippen LogP contribution is 2.39. The van der Waals surface area contributed by atoms with Gasteiger partial charge in [0.15, 0.2) is 11.5 Å². The maximum Gasteiger partial charge on any atom is 0.162 e. The largest absolute Gasteiger partial charge is 0.497 e. The first-order chi connectivity index (χ1) is 15.5. The molecule has 0 radical (unpaired) electrons. The molecule has 0 fully saturated rings. The van der Waals surface area contributed by atoms with Crippen molar-refractivity contribution in [2.24, 2.45) is 0 Å². The lowest BCUT2D eigenvalue weighted by molar-refractivity contribution is 0.220. The van der Waals surface area contributed by atoms with Gasteiger partial charge in [0.25, 0.3) is 0 Å². The van der Waals surface area contributed by atoms with Gasteiger partial charge in [0, 0.05) is 21.8 Å². The van der Waals surface area contributed by atoms with Gasteiger partial charge in [-0.3, -0.25) is 0 Å². The van der Waals surface area contributed by atoms with Crippen LogP contribution in [0.2, 0.25) is 0 Å². The number of hydrogen-bond donors (Lipinski definition) is 1. The topological polar surface area (TPSA) is 47.9 Å². The van der Waals surface area contributed by atoms with Gasteiger partial charge in [-0.2, -0.15) is 0 Å². The molecule has 0 heterocycles. The molecular weight excluding hydrogens is 420 g/mol. The van der Waals surface area contributed by atoms with E-state index in [1.54, 1.807) is 26.0 Å². The molecule has 5 heteroatoms. The fraction of sp³-hybridized carbons (Fsp3) is 0.259. The van der Waals surface area contributed by atoms with Gasteiger partial charge in [-0.15, -0.1) is 11.8 Å². The van der Waals surface area contributed by atoms with Gasteiger partial charge in [0.05, 0.1) is 20.3 Å². The third-order valence-corrected chi connectivity index (χ3v) is 5.78. The van der Waals surface area contributed by atoms with Gasteiger partial charge in [-0.25, -0.2) is 0 Å². The van der Waals surface area contributed by atoms with Crippen LogP contribution in [0.25, 0.3) is 0 Å². The van der Waals surface area contributed by atoms with Crippen LogP contribution in [0.5, 0.6) is 17.2 Å². The van der Waals surface area contributed by atoms with Crippen molar-refractivity contribution in [3.8, 4) is 29.1 Å². The third-order valence-electron chi connectivity index (χ3n) is 4.63. The van der Waals surface area contributed by atoms with Gasteiger partial charge >= 0.3 is 0 Å². The molecule has 0 aliphatic carbocycles. The Morgan fingerprint density at radius 3 is 2.25 bits per heavy atom. The van der Waals surface area contributed by atoms with Crippen LogP contribution in [-0.4, -0.2) is 25.4 Å². The van der Waals surface area contributed by atoms with Gasteiger partial charge in [0.2, 0.25) is 0 Å². The first-order valence-corrected chi connectivity index (χ1v) is 11.4. The molecule has 1 unspecified atom stereocenters. The van der Waals surface area contributed by atoms with E-state index in [1.807, 2.05) is 68.4 Å². The Balaban J connectivity index is 1.93. The number of aliphatic hydroxyl groups excluding tert-OH is 1. The zero-order valence-corrected chi connectivity index (χ0v) is 19.6. The molecule has 166 valence electrons. The summed E-state index contributed by atoms with van der Waals surface area (Å²) in [6.07, 6.45) is -1.00. The summed E-state index contributed by atoms with van der Waals surface area (Å²) in [6.45, 7) is 3.91. The zero-order chi connectivity index (χ0) is 22.9. The number of hydrogen-bond acceptors (Lipinski definition) is 5. The first kappa shape index (κ1) is 23.6. The van der Waals surface area contributed by atoms with Crippen molar-refractivity contribution in [3.63, 3.8) is 0 Å². The molecule has 3 aromatic carbocycles. The predicted molar refractivity (Wildman–Crippen MR) is 130 cm³/mol. The Bertz CT molecular complexity index is 1070. The van der Waals surface area contributed by atoms with Crippen molar-refractivity contribution < 1.29 is 19.3 Å². The molecule has 1 N–H and O–H groups in total. The Labute approximate surface area is 194 Å². The second kappa shape index (κ2) is 11.5. The summed E-state index contributed by atoms with van der Waals surface area (Å²) >= 11 is 1.63. The summed E-state index contributed by atoms with van der Waals surface area (Å²) in [4.78, 5) is 0.901. The summed E-state index contributed by atoms with van der Waals surface area (Å²) in [5.74, 6) is 8.76. The molecule has 0 saturated heterocycles. The molecule has 0 aromatic heterocycles. The Morgan fingerprint density at radius 1 is 0.906 bits per heavy atom. The summed E-state index contributed by atoms with van der Waals surface area (Å²) in [5.41, 5.74) is 2.70. The summed E-state index contributed by atoms with van der Waals surface area (Å²) in [6, 6.07) is 21.4. The lowest BCUT2D eigenvalue weighted by Crippen LogP contribution is -2.08. The van der Waals surface area contributed by atoms with Gasteiger partial charge < -0.3 is 19.3 Å². The molecule has 0 bridgehead atoms. The minimum absolute atomic E-state index is 0.0258. The second-order valence-electron chi connectivity index (χ2n) is 7.38. The molecule has 0 aliphatic rings. The average Bonchev–Trinajstić information content (AvgIpc) is 2.82. The SMILES string of the molecule is COc1ccc(C#CC(O)c2cc(OC(C)C)c(OC)cc2SCc2ccccc2)cc1. The monoisotopic (exact) mass is 448 g/mol. The van der Waals surface area contributed by atoms with Crippen molar-refractivity contribution in [3.05, 3.63) is 83.4 Å². The highest BCUT2D eigenvalue weighted by Gasteiger charge is 2.18. The van der Waals surface area contributed by atoms with Crippen molar-refractivity contribution in [2.75, 3.05) is 14.2 Å². The highest BCUT2D eigenvalue weighted by atomic mass is 32.2. The van der Waals surface area contributed by atoms with Crippen LogP contribution in [0.15, 0.2) is 71.6 Å². The van der Waals surface area contributed by atoms with Crippen LogP contribution in [0, 0.1) is 11.8 Å². The molecule has 0 amide bonds. The number of rotatable bonds is 8. The molecule has 0 aliphatic heterocycles. The van der Waals surface area contributed by atoms with Crippen LogP contribution < -0.4 is 14.2 Å². The van der Waals surface area contributed by atoms with Crippen LogP contribution in [0.3, 0.4) is 0 Å². The Morgan fingerprint density at radius 2 is 1.62 bits per heavy atom. The van der Waals surface area contributed by atoms with E-state index in [9.17, 15) is 5.11 Å². The van der Waals surface area contributed by atoms with E-state index in [4.69, 9.17) is 14.2 Å². The standard InChI is InChI=1S/C27H28O4S/c1-19(2)31-26-16-23(24(28)15-12-20-10-13-22(29-3)14-11-20)27(17-25(26)30-4)32-18-21-8-6-5-7-9-21/h5-11,13-14,16-17,19,24,28H,18H2,1-4H3. The van der Waals surface area contributed by atoms with E-state index in [1.165, 1.54) is 5.56 Å². The van der Waals surface area contributed by atoms with Gasteiger partial charge in [0.1, 0.15) is 11.9 Å². The second-order valence-corrected chi connectivity index (χ2v) is 8.40. The quantitative estimate of drug-likeness (QED) is 0.345. The fourth-order valence-corrected chi connectivity index (χ4v) is 4.08. The predicted octanol–water partition coefficient (Wildman–Crippen LogP) is 5.87. The number of aliphatic hydroxyl groups is 1. The van der Waals surface area contributed by atoms with E-state index < -0.39 is 6.10 Å². The van der Waals surface area contributed by atoms with Gasteiger partial charge in [-0.05, 0) is 55.8 Å². The molecule has 4 nitrogen and oxygen atoms in total. The van der Waals surface area contributed by atoms with E-state index >= 15 is 0 Å². The van der Waals surface area contributed by atoms with Crippen LogP contribution in [0.1, 0.15) is 36.6 Å². The number of thioether (sulfide) groups is 1. The van der Waals surface area contributed by atoms with E-state index in [-0.39, 0.29) is 6.10 Å². The first-order valence-electron chi connectivity index (χ1n) is 10.4. The molecule has 32 heavy (non-hydrogen) atoms. The maximum absolute atomic E-state index is 11.0. The zero-order valence-electron chi connectivity index (χ0n) is 18.8. The third kappa shape index (κ3) is 6.46. The number of benzene rings is 3. The number of methoxy groups -OCH3 is 2. The van der Waals surface area contributed by atoms with E-state index in [2.05, 4.69) is 24.0 Å². The maximum atomic E-state index is 11.0. The van der Waals surface area contributed by atoms with Crippen molar-refractivity contribution >= 4 is 11.8 Å². The van der Waals surface area contributed by atoms with Gasteiger partial charge in [-0.1, -0.05) is 42.2 Å². The minimum atomic E-state index is -0.976. The lowest BCUT2D eigenvalue weighted by atomic mass is 10.1. The Hall–Kier alpha value is -3.07. The normalized spacial score (nSPS) is 11.4. The smallest absolute Gasteiger partial charge is 0.162 e. The molecule has 1 atom stereocenters. The van der Waals surface area contributed by atoms with Crippen molar-refractivity contribution in [1.29, 1.82) is 0 Å². The minimum Gasteiger partial charge on any atom is -0.497 e. The molecule has 0 saturated carbocycles.